The first-order valence-corrected chi connectivity index (χ1v) is 16.3. The van der Waals surface area contributed by atoms with Crippen molar-refractivity contribution in [2.24, 2.45) is 0 Å². The molecule has 2 aromatic heterocycles. The second-order valence-corrected chi connectivity index (χ2v) is 12.0. The van der Waals surface area contributed by atoms with Crippen LogP contribution in [0.5, 0.6) is 5.75 Å². The van der Waals surface area contributed by atoms with Crippen molar-refractivity contribution in [3.8, 4) is 5.75 Å². The van der Waals surface area contributed by atoms with E-state index in [2.05, 4.69) is 31.3 Å². The van der Waals surface area contributed by atoms with E-state index in [0.29, 0.717) is 59.1 Å². The first-order valence-electron chi connectivity index (χ1n) is 15.9. The second-order valence-electron chi connectivity index (χ2n) is 11.6. The number of carbonyl (C=O) groups is 5. The Balaban J connectivity index is 1.33. The Morgan fingerprint density at radius 3 is 2.57 bits per heavy atom. The van der Waals surface area contributed by atoms with Gasteiger partial charge in [0.1, 0.15) is 22.7 Å². The average Bonchev–Trinajstić information content (AvgIpc) is 3.74. The van der Waals surface area contributed by atoms with Gasteiger partial charge in [0.25, 0.3) is 17.7 Å². The van der Waals surface area contributed by atoms with Gasteiger partial charge in [-0.05, 0) is 79.3 Å². The maximum absolute atomic E-state index is 13.9. The molecule has 0 radical (unpaired) electrons. The summed E-state index contributed by atoms with van der Waals surface area (Å²) in [6.07, 6.45) is 2.86. The predicted molar refractivity (Wildman–Crippen MR) is 188 cm³/mol. The van der Waals surface area contributed by atoms with E-state index in [9.17, 15) is 29.1 Å². The van der Waals surface area contributed by atoms with Crippen LogP contribution in [0.3, 0.4) is 0 Å². The number of hydrogen-bond acceptors (Lipinski definition) is 8. The zero-order valence-electron chi connectivity index (χ0n) is 27.5. The molecule has 0 bridgehead atoms. The van der Waals surface area contributed by atoms with Crippen LogP contribution < -0.4 is 26.0 Å². The van der Waals surface area contributed by atoms with Crippen molar-refractivity contribution >= 4 is 58.7 Å². The van der Waals surface area contributed by atoms with Crippen LogP contribution in [0, 0.1) is 6.92 Å². The van der Waals surface area contributed by atoms with Crippen molar-refractivity contribution in [3.63, 3.8) is 0 Å². The molecule has 2 heterocycles. The fourth-order valence-corrected chi connectivity index (χ4v) is 6.25. The number of carboxylic acids is 1. The van der Waals surface area contributed by atoms with Gasteiger partial charge in [-0.3, -0.25) is 19.2 Å². The van der Waals surface area contributed by atoms with Crippen LogP contribution in [0.1, 0.15) is 83.3 Å². The number of amides is 4. The van der Waals surface area contributed by atoms with Crippen molar-refractivity contribution in [1.82, 2.24) is 25.2 Å². The summed E-state index contributed by atoms with van der Waals surface area (Å²) < 4.78 is 6.73. The topological polar surface area (TPSA) is 193 Å². The fraction of sp³-hybridized carbons (Fsp3) is 0.194. The summed E-state index contributed by atoms with van der Waals surface area (Å²) in [7, 11) is 0. The maximum atomic E-state index is 13.9. The molecule has 1 atom stereocenters. The molecular formula is C36H32ClN7O7. The number of para-hydroxylation sites is 1. The van der Waals surface area contributed by atoms with Crippen LogP contribution >= 0.6 is 11.6 Å². The number of benzene rings is 3. The molecule has 0 saturated carbocycles. The molecule has 5 aromatic rings. The number of nitrogens with one attached hydrogen (secondary N) is 4. The van der Waals surface area contributed by atoms with E-state index < -0.39 is 29.7 Å². The lowest BCUT2D eigenvalue weighted by Gasteiger charge is -2.16. The van der Waals surface area contributed by atoms with Crippen LogP contribution in [-0.2, 0) is 17.8 Å². The minimum absolute atomic E-state index is 0.0160. The number of aromatic carboxylic acids is 1. The highest BCUT2D eigenvalue weighted by molar-refractivity contribution is 6.34. The molecule has 0 spiro atoms. The van der Waals surface area contributed by atoms with Gasteiger partial charge in [0.15, 0.2) is 5.65 Å². The lowest BCUT2D eigenvalue weighted by molar-refractivity contribution is -0.105. The highest BCUT2D eigenvalue weighted by Crippen LogP contribution is 2.35. The van der Waals surface area contributed by atoms with E-state index in [1.54, 1.807) is 55.5 Å². The minimum atomic E-state index is -1.03. The van der Waals surface area contributed by atoms with Crippen LogP contribution in [0.4, 0.5) is 11.4 Å². The first kappa shape index (κ1) is 34.6. The summed E-state index contributed by atoms with van der Waals surface area (Å²) in [4.78, 5) is 68.3. The van der Waals surface area contributed by atoms with Gasteiger partial charge in [-0.2, -0.15) is 5.10 Å². The molecule has 6 rings (SSSR count). The van der Waals surface area contributed by atoms with Gasteiger partial charge in [-0.1, -0.05) is 35.9 Å². The molecule has 51 heavy (non-hydrogen) atoms. The lowest BCUT2D eigenvalue weighted by Crippen LogP contribution is -2.31. The Bertz CT molecular complexity index is 2220. The van der Waals surface area contributed by atoms with Gasteiger partial charge in [-0.25, -0.2) is 14.3 Å². The summed E-state index contributed by atoms with van der Waals surface area (Å²) >= 11 is 6.25. The maximum Gasteiger partial charge on any atom is 0.335 e. The molecular weight excluding hydrogens is 678 g/mol. The highest BCUT2D eigenvalue weighted by Gasteiger charge is 2.30. The van der Waals surface area contributed by atoms with Crippen LogP contribution in [0.25, 0.3) is 5.65 Å². The van der Waals surface area contributed by atoms with Gasteiger partial charge in [0.2, 0.25) is 6.41 Å². The fourth-order valence-electron chi connectivity index (χ4n) is 6.07. The Kier molecular flexibility index (Phi) is 9.95. The highest BCUT2D eigenvalue weighted by atomic mass is 35.5. The molecule has 4 amide bonds. The minimum Gasteiger partial charge on any atom is -0.492 e. The van der Waals surface area contributed by atoms with Crippen molar-refractivity contribution in [2.75, 3.05) is 17.2 Å². The van der Waals surface area contributed by atoms with Crippen molar-refractivity contribution in [3.05, 3.63) is 117 Å². The third-order valence-electron chi connectivity index (χ3n) is 8.54. The van der Waals surface area contributed by atoms with E-state index in [1.807, 2.05) is 6.92 Å². The molecule has 15 heteroatoms. The quantitative estimate of drug-likeness (QED) is 0.111. The van der Waals surface area contributed by atoms with Gasteiger partial charge in [0.05, 0.1) is 40.8 Å². The van der Waals surface area contributed by atoms with Gasteiger partial charge in [-0.15, -0.1) is 0 Å². The number of carboxylic acid groups (broad SMARTS) is 1. The summed E-state index contributed by atoms with van der Waals surface area (Å²) in [5.41, 5.74) is 3.62. The smallest absolute Gasteiger partial charge is 0.335 e. The van der Waals surface area contributed by atoms with Gasteiger partial charge < -0.3 is 31.1 Å². The van der Waals surface area contributed by atoms with E-state index >= 15 is 0 Å². The number of anilines is 2. The largest absolute Gasteiger partial charge is 0.492 e. The van der Waals surface area contributed by atoms with E-state index in [-0.39, 0.29) is 34.7 Å². The molecule has 5 N–H and O–H groups in total. The molecule has 1 aliphatic rings. The lowest BCUT2D eigenvalue weighted by atomic mass is 9.98. The number of rotatable bonds is 12. The second kappa shape index (κ2) is 14.7. The van der Waals surface area contributed by atoms with E-state index in [4.69, 9.17) is 16.3 Å². The molecule has 1 aliphatic carbocycles. The van der Waals surface area contributed by atoms with Crippen LogP contribution in [0.15, 0.2) is 66.9 Å². The molecule has 14 nitrogen and oxygen atoms in total. The van der Waals surface area contributed by atoms with Crippen molar-refractivity contribution in [2.45, 2.75) is 39.3 Å². The number of halogens is 1. The number of fused-ring (bicyclic) bond motifs is 2. The molecule has 3 aromatic carbocycles. The Labute approximate surface area is 296 Å². The monoisotopic (exact) mass is 709 g/mol. The predicted octanol–water partition coefficient (Wildman–Crippen LogP) is 4.96. The molecule has 0 saturated heterocycles. The zero-order valence-corrected chi connectivity index (χ0v) is 28.2. The molecule has 0 aliphatic heterocycles. The van der Waals surface area contributed by atoms with Gasteiger partial charge in [0, 0.05) is 12.6 Å². The first-order chi connectivity index (χ1) is 24.6. The van der Waals surface area contributed by atoms with E-state index in [0.717, 1.165) is 11.1 Å². The number of hydrogen-bond donors (Lipinski definition) is 5. The number of aromatic nitrogens is 3. The number of ether oxygens (including phenoxy) is 1. The summed E-state index contributed by atoms with van der Waals surface area (Å²) in [5.74, 6) is -2.42. The Morgan fingerprint density at radius 1 is 1.02 bits per heavy atom. The molecule has 260 valence electrons. The number of carbonyl (C=O) groups excluding carboxylic acids is 4. The SMILES string of the molecule is CCOc1ccc(CNC(=O)c2cc(C(=O)N[C@H]3CCc4c3ccc(C(=O)O)c4C)n3ncc(C(=O)Nc4ccccc4Cl)c3n2)cc1NC=O. The third-order valence-corrected chi connectivity index (χ3v) is 8.87. The number of nitrogens with zero attached hydrogens (tertiary/aromatic N) is 3. The van der Waals surface area contributed by atoms with Crippen LogP contribution in [-0.4, -0.2) is 56.4 Å². The van der Waals surface area contributed by atoms with Crippen molar-refractivity contribution in [1.29, 1.82) is 0 Å². The summed E-state index contributed by atoms with van der Waals surface area (Å²) in [5, 5.41) is 25.2. The van der Waals surface area contributed by atoms with Gasteiger partial charge >= 0.3 is 5.97 Å². The molecule has 0 unspecified atom stereocenters. The Hall–Kier alpha value is -6.28. The normalized spacial score (nSPS) is 13.3. The summed E-state index contributed by atoms with van der Waals surface area (Å²) in [6.45, 7) is 3.98. The summed E-state index contributed by atoms with van der Waals surface area (Å²) in [6, 6.07) is 15.8. The van der Waals surface area contributed by atoms with Crippen LogP contribution in [0.2, 0.25) is 5.02 Å². The Morgan fingerprint density at radius 2 is 1.82 bits per heavy atom. The van der Waals surface area contributed by atoms with Crippen molar-refractivity contribution < 1.29 is 33.8 Å². The average molecular weight is 710 g/mol. The molecule has 0 fully saturated rings. The van der Waals surface area contributed by atoms with E-state index in [1.165, 1.54) is 22.8 Å². The third kappa shape index (κ3) is 7.07. The standard InChI is InChI=1S/C36H32ClN7O7/c1-3-51-31-13-8-20(14-28(31)39-18-45)16-38-34(47)29-15-30(35(48)42-26-12-11-21-19(2)22(36(49)50)9-10-23(21)26)44-32(41-29)24(17-40-44)33(46)43-27-7-5-4-6-25(27)37/h4-10,13-15,17-18,26H,3,11-12,16H2,1-2H3,(H,38,47)(H,39,45)(H,42,48)(H,43,46)(H,49,50)/t26-/m0/s1. The zero-order chi connectivity index (χ0) is 36.2.